The average Bonchev–Trinajstić information content (AvgIpc) is 2.88. The van der Waals surface area contributed by atoms with Crippen molar-refractivity contribution in [3.05, 3.63) is 23.8 Å². The molecular weight excluding hydrogens is 290 g/mol. The first kappa shape index (κ1) is 15.4. The molecule has 1 aromatic carbocycles. The smallest absolute Gasteiger partial charge is 0.313 e. The zero-order valence-corrected chi connectivity index (χ0v) is 13.0. The molecular formula is C14H17N3O3S. The monoisotopic (exact) mass is 307 g/mol. The minimum atomic E-state index is -0.871. The van der Waals surface area contributed by atoms with E-state index in [1.54, 1.807) is 7.11 Å². The van der Waals surface area contributed by atoms with Crippen molar-refractivity contribution in [3.8, 4) is 17.1 Å². The van der Waals surface area contributed by atoms with E-state index in [1.807, 2.05) is 36.6 Å². The summed E-state index contributed by atoms with van der Waals surface area (Å²) in [4.78, 5) is 10.7. The molecule has 0 spiro atoms. The molecule has 0 atom stereocenters. The SMILES string of the molecule is CCn1c(SCC(=O)O)nnc1-c1ccc(C)c(OC)c1. The van der Waals surface area contributed by atoms with Gasteiger partial charge in [0.25, 0.3) is 0 Å². The van der Waals surface area contributed by atoms with E-state index in [1.165, 1.54) is 11.8 Å². The van der Waals surface area contributed by atoms with Crippen LogP contribution in [0.4, 0.5) is 0 Å². The Morgan fingerprint density at radius 2 is 2.19 bits per heavy atom. The number of rotatable bonds is 6. The van der Waals surface area contributed by atoms with E-state index in [-0.39, 0.29) is 5.75 Å². The van der Waals surface area contributed by atoms with Gasteiger partial charge in [0.05, 0.1) is 12.9 Å². The third kappa shape index (κ3) is 3.36. The van der Waals surface area contributed by atoms with Gasteiger partial charge in [0.1, 0.15) is 5.75 Å². The number of benzene rings is 1. The molecule has 2 aromatic rings. The Bertz CT molecular complexity index is 655. The van der Waals surface area contributed by atoms with Gasteiger partial charge in [0.2, 0.25) is 0 Å². The largest absolute Gasteiger partial charge is 0.496 e. The quantitative estimate of drug-likeness (QED) is 0.826. The summed E-state index contributed by atoms with van der Waals surface area (Å²) in [6, 6.07) is 5.84. The highest BCUT2D eigenvalue weighted by atomic mass is 32.2. The van der Waals surface area contributed by atoms with Crippen molar-refractivity contribution >= 4 is 17.7 Å². The van der Waals surface area contributed by atoms with Gasteiger partial charge in [-0.1, -0.05) is 23.9 Å². The maximum absolute atomic E-state index is 10.7. The van der Waals surface area contributed by atoms with Crippen LogP contribution in [0.25, 0.3) is 11.4 Å². The lowest BCUT2D eigenvalue weighted by Gasteiger charge is -2.09. The van der Waals surface area contributed by atoms with Crippen LogP contribution >= 0.6 is 11.8 Å². The lowest BCUT2D eigenvalue weighted by atomic mass is 10.1. The van der Waals surface area contributed by atoms with E-state index in [9.17, 15) is 4.79 Å². The standard InChI is InChI=1S/C14H17N3O3S/c1-4-17-13(15-16-14(17)21-8-12(18)19)10-6-5-9(2)11(7-10)20-3/h5-7H,4,8H2,1-3H3,(H,18,19). The minimum absolute atomic E-state index is 0.0324. The molecule has 112 valence electrons. The highest BCUT2D eigenvalue weighted by Gasteiger charge is 2.15. The third-order valence-electron chi connectivity index (χ3n) is 3.02. The minimum Gasteiger partial charge on any atom is -0.496 e. The van der Waals surface area contributed by atoms with Crippen LogP contribution in [0.3, 0.4) is 0 Å². The summed E-state index contributed by atoms with van der Waals surface area (Å²) in [5, 5.41) is 17.6. The number of hydrogen-bond donors (Lipinski definition) is 1. The fourth-order valence-electron chi connectivity index (χ4n) is 1.98. The number of methoxy groups -OCH3 is 1. The summed E-state index contributed by atoms with van der Waals surface area (Å²) < 4.78 is 7.23. The summed E-state index contributed by atoms with van der Waals surface area (Å²) in [6.07, 6.45) is 0. The number of carboxylic acid groups (broad SMARTS) is 1. The Balaban J connectivity index is 2.37. The second-order valence-electron chi connectivity index (χ2n) is 4.42. The van der Waals surface area contributed by atoms with Crippen LogP contribution in [0.1, 0.15) is 12.5 Å². The van der Waals surface area contributed by atoms with Crippen LogP contribution in [0.15, 0.2) is 23.4 Å². The molecule has 6 nitrogen and oxygen atoms in total. The van der Waals surface area contributed by atoms with Gasteiger partial charge in [-0.15, -0.1) is 10.2 Å². The molecule has 0 bridgehead atoms. The normalized spacial score (nSPS) is 10.6. The fraction of sp³-hybridized carbons (Fsp3) is 0.357. The molecule has 0 aliphatic carbocycles. The molecule has 0 unspecified atom stereocenters. The van der Waals surface area contributed by atoms with Gasteiger partial charge >= 0.3 is 5.97 Å². The number of ether oxygens (including phenoxy) is 1. The molecule has 1 aromatic heterocycles. The summed E-state index contributed by atoms with van der Waals surface area (Å²) in [5.74, 6) is 0.598. The number of aryl methyl sites for hydroxylation is 1. The van der Waals surface area contributed by atoms with E-state index < -0.39 is 5.97 Å². The van der Waals surface area contributed by atoms with Crippen molar-refractivity contribution in [2.75, 3.05) is 12.9 Å². The van der Waals surface area contributed by atoms with Crippen LogP contribution in [-0.4, -0.2) is 38.7 Å². The van der Waals surface area contributed by atoms with Crippen molar-refractivity contribution in [1.82, 2.24) is 14.8 Å². The number of thioether (sulfide) groups is 1. The molecule has 1 N–H and O–H groups in total. The fourth-order valence-corrected chi connectivity index (χ4v) is 2.70. The third-order valence-corrected chi connectivity index (χ3v) is 3.98. The Labute approximate surface area is 127 Å². The molecule has 0 amide bonds. The van der Waals surface area contributed by atoms with E-state index in [0.717, 1.165) is 16.9 Å². The van der Waals surface area contributed by atoms with E-state index in [0.29, 0.717) is 17.5 Å². The molecule has 0 aliphatic rings. The molecule has 0 saturated heterocycles. The number of nitrogens with zero attached hydrogens (tertiary/aromatic N) is 3. The van der Waals surface area contributed by atoms with E-state index >= 15 is 0 Å². The first-order valence-electron chi connectivity index (χ1n) is 6.49. The van der Waals surface area contributed by atoms with Gasteiger partial charge in [-0.05, 0) is 25.5 Å². The number of carbonyl (C=O) groups is 1. The van der Waals surface area contributed by atoms with Crippen molar-refractivity contribution in [2.45, 2.75) is 25.5 Å². The first-order chi connectivity index (χ1) is 10.1. The highest BCUT2D eigenvalue weighted by molar-refractivity contribution is 7.99. The lowest BCUT2D eigenvalue weighted by molar-refractivity contribution is -0.133. The molecule has 0 fully saturated rings. The van der Waals surface area contributed by atoms with Crippen LogP contribution in [0.2, 0.25) is 0 Å². The van der Waals surface area contributed by atoms with Crippen molar-refractivity contribution in [2.24, 2.45) is 0 Å². The molecule has 1 heterocycles. The van der Waals surface area contributed by atoms with E-state index in [4.69, 9.17) is 9.84 Å². The molecule has 21 heavy (non-hydrogen) atoms. The predicted molar refractivity (Wildman–Crippen MR) is 80.8 cm³/mol. The van der Waals surface area contributed by atoms with Gasteiger partial charge in [0, 0.05) is 12.1 Å². The molecule has 0 aliphatic heterocycles. The Morgan fingerprint density at radius 1 is 1.43 bits per heavy atom. The van der Waals surface area contributed by atoms with Gasteiger partial charge in [-0.2, -0.15) is 0 Å². The van der Waals surface area contributed by atoms with Crippen molar-refractivity contribution in [3.63, 3.8) is 0 Å². The zero-order chi connectivity index (χ0) is 15.4. The number of carboxylic acids is 1. The number of aliphatic carboxylic acids is 1. The van der Waals surface area contributed by atoms with E-state index in [2.05, 4.69) is 10.2 Å². The van der Waals surface area contributed by atoms with Crippen LogP contribution in [-0.2, 0) is 11.3 Å². The van der Waals surface area contributed by atoms with Gasteiger partial charge < -0.3 is 14.4 Å². The van der Waals surface area contributed by atoms with Crippen LogP contribution in [0.5, 0.6) is 5.75 Å². The summed E-state index contributed by atoms with van der Waals surface area (Å²) in [5.41, 5.74) is 1.94. The number of hydrogen-bond acceptors (Lipinski definition) is 5. The molecule has 2 rings (SSSR count). The predicted octanol–water partition coefficient (Wildman–Crippen LogP) is 2.46. The maximum Gasteiger partial charge on any atom is 0.313 e. The summed E-state index contributed by atoms with van der Waals surface area (Å²) in [6.45, 7) is 4.62. The van der Waals surface area contributed by atoms with Crippen molar-refractivity contribution < 1.29 is 14.6 Å². The first-order valence-corrected chi connectivity index (χ1v) is 7.48. The molecule has 0 radical (unpaired) electrons. The topological polar surface area (TPSA) is 77.2 Å². The summed E-state index contributed by atoms with van der Waals surface area (Å²) in [7, 11) is 1.63. The Morgan fingerprint density at radius 3 is 2.81 bits per heavy atom. The maximum atomic E-state index is 10.7. The van der Waals surface area contributed by atoms with Crippen LogP contribution in [0, 0.1) is 6.92 Å². The van der Waals surface area contributed by atoms with Crippen LogP contribution < -0.4 is 4.74 Å². The van der Waals surface area contributed by atoms with Gasteiger partial charge in [-0.25, -0.2) is 0 Å². The van der Waals surface area contributed by atoms with Gasteiger partial charge in [0.15, 0.2) is 11.0 Å². The zero-order valence-electron chi connectivity index (χ0n) is 12.2. The second kappa shape index (κ2) is 6.62. The summed E-state index contributed by atoms with van der Waals surface area (Å²) >= 11 is 1.17. The average molecular weight is 307 g/mol. The molecule has 7 heteroatoms. The Hall–Kier alpha value is -2.02. The molecule has 0 saturated carbocycles. The Kier molecular flexibility index (Phi) is 4.85. The van der Waals surface area contributed by atoms with Gasteiger partial charge in [-0.3, -0.25) is 4.79 Å². The second-order valence-corrected chi connectivity index (χ2v) is 5.36. The number of aromatic nitrogens is 3. The lowest BCUT2D eigenvalue weighted by Crippen LogP contribution is -2.03. The van der Waals surface area contributed by atoms with Crippen molar-refractivity contribution in [1.29, 1.82) is 0 Å². The highest BCUT2D eigenvalue weighted by Crippen LogP contribution is 2.28.